The fourth-order valence-electron chi connectivity index (χ4n) is 3.62. The van der Waals surface area contributed by atoms with Crippen molar-refractivity contribution < 1.29 is 19.8 Å². The molecule has 1 fully saturated rings. The summed E-state index contributed by atoms with van der Waals surface area (Å²) >= 11 is 6.75. The highest BCUT2D eigenvalue weighted by Crippen LogP contribution is 2.50. The predicted octanol–water partition coefficient (Wildman–Crippen LogP) is 1.42. The molecule has 0 unspecified atom stereocenters. The molecule has 8 heteroatoms. The number of aliphatic hydroxyl groups is 1. The zero-order valence-electron chi connectivity index (χ0n) is 13.5. The fraction of sp³-hybridized carbons (Fsp3) is 0.562. The molecule has 0 aromatic heterocycles. The highest BCUT2D eigenvalue weighted by atomic mass is 32.2. The lowest BCUT2D eigenvalue weighted by Crippen LogP contribution is -2.63. The van der Waals surface area contributed by atoms with Crippen molar-refractivity contribution in [3.05, 3.63) is 22.8 Å². The van der Waals surface area contributed by atoms with Crippen molar-refractivity contribution >= 4 is 40.2 Å². The summed E-state index contributed by atoms with van der Waals surface area (Å²) in [6.45, 7) is 5.01. The summed E-state index contributed by atoms with van der Waals surface area (Å²) in [7, 11) is 0. The van der Waals surface area contributed by atoms with E-state index in [9.17, 15) is 19.8 Å². The van der Waals surface area contributed by atoms with E-state index in [1.807, 2.05) is 17.9 Å². The van der Waals surface area contributed by atoms with Gasteiger partial charge in [0, 0.05) is 23.9 Å². The van der Waals surface area contributed by atoms with Gasteiger partial charge in [-0.05, 0) is 13.3 Å². The van der Waals surface area contributed by atoms with Crippen LogP contribution in [-0.2, 0) is 9.59 Å². The van der Waals surface area contributed by atoms with Crippen LogP contribution in [0.15, 0.2) is 22.8 Å². The summed E-state index contributed by atoms with van der Waals surface area (Å²) < 4.78 is 0.628. The van der Waals surface area contributed by atoms with Crippen molar-refractivity contribution in [2.45, 2.75) is 32.4 Å². The molecule has 4 atom stereocenters. The first-order chi connectivity index (χ1) is 11.3. The number of thioether (sulfide) groups is 1. The van der Waals surface area contributed by atoms with E-state index in [1.165, 1.54) is 16.7 Å². The maximum atomic E-state index is 12.3. The van der Waals surface area contributed by atoms with Crippen LogP contribution in [0.25, 0.3) is 0 Å². The van der Waals surface area contributed by atoms with E-state index in [1.54, 1.807) is 6.92 Å². The van der Waals surface area contributed by atoms with E-state index in [-0.39, 0.29) is 23.6 Å². The summed E-state index contributed by atoms with van der Waals surface area (Å²) in [6.07, 6.45) is 4.26. The first kappa shape index (κ1) is 17.4. The average molecular weight is 368 g/mol. The van der Waals surface area contributed by atoms with Crippen molar-refractivity contribution in [3.63, 3.8) is 0 Å². The molecule has 0 aromatic carbocycles. The Kier molecular flexibility index (Phi) is 4.72. The third kappa shape index (κ3) is 2.66. The van der Waals surface area contributed by atoms with E-state index in [0.29, 0.717) is 9.23 Å². The highest BCUT2D eigenvalue weighted by Gasteiger charge is 2.60. The second kappa shape index (κ2) is 6.50. The highest BCUT2D eigenvalue weighted by molar-refractivity contribution is 8.25. The van der Waals surface area contributed by atoms with Crippen LogP contribution in [0, 0.1) is 11.8 Å². The second-order valence-corrected chi connectivity index (χ2v) is 8.02. The Balaban J connectivity index is 1.85. The molecule has 0 spiro atoms. The second-order valence-electron chi connectivity index (χ2n) is 6.35. The van der Waals surface area contributed by atoms with Crippen LogP contribution in [0.1, 0.15) is 20.3 Å². The van der Waals surface area contributed by atoms with Crippen molar-refractivity contribution in [1.82, 2.24) is 9.80 Å². The summed E-state index contributed by atoms with van der Waals surface area (Å²) in [5, 5.41) is 19.4. The van der Waals surface area contributed by atoms with E-state index in [4.69, 9.17) is 12.2 Å². The Morgan fingerprint density at radius 1 is 1.46 bits per heavy atom. The lowest BCUT2D eigenvalue weighted by molar-refractivity contribution is -0.163. The van der Waals surface area contributed by atoms with Crippen LogP contribution in [0.5, 0.6) is 0 Å². The van der Waals surface area contributed by atoms with E-state index in [0.717, 1.165) is 19.5 Å². The number of amides is 1. The summed E-state index contributed by atoms with van der Waals surface area (Å²) in [5.74, 6) is -2.14. The molecule has 130 valence electrons. The molecule has 6 nitrogen and oxygen atoms in total. The van der Waals surface area contributed by atoms with Crippen LogP contribution in [-0.4, -0.2) is 61.4 Å². The Morgan fingerprint density at radius 3 is 2.71 bits per heavy atom. The number of carboxylic acids is 1. The van der Waals surface area contributed by atoms with E-state index >= 15 is 0 Å². The fourth-order valence-corrected chi connectivity index (χ4v) is 5.15. The number of hydrogen-bond acceptors (Lipinski definition) is 5. The molecule has 1 saturated heterocycles. The number of aliphatic carboxylic acids is 1. The van der Waals surface area contributed by atoms with Gasteiger partial charge in [-0.15, -0.1) is 0 Å². The van der Waals surface area contributed by atoms with E-state index < -0.39 is 18.0 Å². The third-order valence-corrected chi connectivity index (χ3v) is 6.55. The van der Waals surface area contributed by atoms with Gasteiger partial charge >= 0.3 is 5.97 Å². The molecule has 2 N–H and O–H groups in total. The van der Waals surface area contributed by atoms with Gasteiger partial charge in [-0.25, -0.2) is 4.79 Å². The quantitative estimate of drug-likeness (QED) is 0.443. The number of carbonyl (C=O) groups is 2. The number of hydrogen-bond donors (Lipinski definition) is 2. The van der Waals surface area contributed by atoms with Crippen LogP contribution in [0.3, 0.4) is 0 Å². The molecule has 3 aliphatic rings. The van der Waals surface area contributed by atoms with Crippen LogP contribution >= 0.6 is 24.0 Å². The maximum Gasteiger partial charge on any atom is 0.353 e. The Hall–Kier alpha value is -1.38. The number of nitrogens with zero attached hydrogens (tertiary/aromatic N) is 2. The maximum absolute atomic E-state index is 12.3. The van der Waals surface area contributed by atoms with Crippen molar-refractivity contribution in [1.29, 1.82) is 0 Å². The largest absolute Gasteiger partial charge is 0.477 e. The molecule has 3 rings (SSSR count). The third-order valence-electron chi connectivity index (χ3n) is 4.82. The number of thiocarbonyl (C=S) groups is 1. The summed E-state index contributed by atoms with van der Waals surface area (Å²) in [4.78, 5) is 28.0. The Morgan fingerprint density at radius 2 is 2.17 bits per heavy atom. The van der Waals surface area contributed by atoms with Gasteiger partial charge in [-0.2, -0.15) is 0 Å². The average Bonchev–Trinajstić information content (AvgIpc) is 2.77. The van der Waals surface area contributed by atoms with Crippen molar-refractivity contribution in [2.24, 2.45) is 11.8 Å². The molecule has 0 radical (unpaired) electrons. The van der Waals surface area contributed by atoms with Gasteiger partial charge in [0.2, 0.25) is 5.91 Å². The van der Waals surface area contributed by atoms with Gasteiger partial charge in [0.05, 0.1) is 18.1 Å². The van der Waals surface area contributed by atoms with Crippen LogP contribution in [0.4, 0.5) is 0 Å². The van der Waals surface area contributed by atoms with Crippen LogP contribution < -0.4 is 0 Å². The molecule has 0 aromatic rings. The summed E-state index contributed by atoms with van der Waals surface area (Å²) in [5.41, 5.74) is 0.0225. The number of fused-ring (bicyclic) bond motifs is 1. The monoisotopic (exact) mass is 368 g/mol. The first-order valence-electron chi connectivity index (χ1n) is 7.95. The molecule has 0 saturated carbocycles. The summed E-state index contributed by atoms with van der Waals surface area (Å²) in [6, 6.07) is -0.296. The Labute approximate surface area is 150 Å². The standard InChI is InChI=1S/C16H20N2O4S2/c1-8-11-10(9(2)19)14(20)18(11)12(15(21)22)13(8)24-16(23)17-6-4-3-5-7-17/h3-4,8-11,19H,5-7H2,1-2H3,(H,21,22)/t8-,9-,10-,11-/m1/s1. The normalized spacial score (nSPS) is 30.3. The first-order valence-corrected chi connectivity index (χ1v) is 9.17. The molecular formula is C16H20N2O4S2. The number of carboxylic acid groups (broad SMARTS) is 1. The molecule has 0 aliphatic carbocycles. The lowest BCUT2D eigenvalue weighted by Gasteiger charge is -2.46. The van der Waals surface area contributed by atoms with Gasteiger partial charge < -0.3 is 20.0 Å². The van der Waals surface area contributed by atoms with E-state index in [2.05, 4.69) is 6.08 Å². The zero-order valence-corrected chi connectivity index (χ0v) is 15.1. The smallest absolute Gasteiger partial charge is 0.353 e. The minimum atomic E-state index is -1.12. The minimum absolute atomic E-state index is 0.0225. The van der Waals surface area contributed by atoms with Crippen molar-refractivity contribution in [3.8, 4) is 0 Å². The van der Waals surface area contributed by atoms with Gasteiger partial charge in [0.15, 0.2) is 0 Å². The molecule has 3 aliphatic heterocycles. The number of β-lactam (4-membered cyclic amide) rings is 1. The van der Waals surface area contributed by atoms with Gasteiger partial charge in [-0.1, -0.05) is 43.1 Å². The number of aliphatic hydroxyl groups excluding tert-OH is 1. The lowest BCUT2D eigenvalue weighted by atomic mass is 9.79. The SMILES string of the molecule is C[C@@H](O)[C@H]1C(=O)N2C(C(=O)O)=C(SC(=S)N3CC=CCC3)[C@H](C)[C@H]12. The molecule has 1 amide bonds. The Bertz CT molecular complexity index is 658. The number of carbonyl (C=O) groups excluding carboxylic acids is 1. The topological polar surface area (TPSA) is 81.1 Å². The zero-order chi connectivity index (χ0) is 17.6. The van der Waals surface area contributed by atoms with Gasteiger partial charge in [0.1, 0.15) is 10.0 Å². The van der Waals surface area contributed by atoms with Gasteiger partial charge in [0.25, 0.3) is 0 Å². The van der Waals surface area contributed by atoms with Gasteiger partial charge in [-0.3, -0.25) is 4.79 Å². The molecule has 24 heavy (non-hydrogen) atoms. The molecule has 0 bridgehead atoms. The number of rotatable bonds is 3. The molecular weight excluding hydrogens is 348 g/mol. The molecule has 3 heterocycles. The van der Waals surface area contributed by atoms with Crippen molar-refractivity contribution in [2.75, 3.05) is 13.1 Å². The minimum Gasteiger partial charge on any atom is -0.477 e. The predicted molar refractivity (Wildman–Crippen MR) is 95.1 cm³/mol. The van der Waals surface area contributed by atoms with Crippen LogP contribution in [0.2, 0.25) is 0 Å².